The van der Waals surface area contributed by atoms with Crippen LogP contribution in [0.2, 0.25) is 0 Å². The van der Waals surface area contributed by atoms with Crippen molar-refractivity contribution >= 4 is 40.1 Å². The van der Waals surface area contributed by atoms with Crippen molar-refractivity contribution in [3.05, 3.63) is 79.7 Å². The molecule has 2 aromatic heterocycles. The summed E-state index contributed by atoms with van der Waals surface area (Å²) in [5.74, 6) is -0.566. The summed E-state index contributed by atoms with van der Waals surface area (Å²) in [7, 11) is 0. The molecular formula is C23H19NO4S2. The minimum absolute atomic E-state index is 0.0832. The number of hydrogen-bond acceptors (Lipinski definition) is 6. The van der Waals surface area contributed by atoms with Crippen LogP contribution in [0.25, 0.3) is 5.76 Å². The zero-order valence-electron chi connectivity index (χ0n) is 16.2. The highest BCUT2D eigenvalue weighted by Crippen LogP contribution is 2.42. The molecule has 0 bridgehead atoms. The van der Waals surface area contributed by atoms with Gasteiger partial charge in [0.2, 0.25) is 0 Å². The lowest BCUT2D eigenvalue weighted by Gasteiger charge is -2.23. The Morgan fingerprint density at radius 1 is 1.17 bits per heavy atom. The molecule has 0 spiro atoms. The molecule has 4 heterocycles. The molecular weight excluding hydrogens is 418 g/mol. The van der Waals surface area contributed by atoms with E-state index in [1.165, 1.54) is 22.7 Å². The van der Waals surface area contributed by atoms with E-state index in [1.807, 2.05) is 54.1 Å². The van der Waals surface area contributed by atoms with Gasteiger partial charge in [0.15, 0.2) is 0 Å². The Morgan fingerprint density at radius 3 is 2.70 bits per heavy atom. The van der Waals surface area contributed by atoms with Crippen molar-refractivity contribution in [1.29, 1.82) is 0 Å². The lowest BCUT2D eigenvalue weighted by Crippen LogP contribution is -2.28. The molecule has 5 rings (SSSR count). The lowest BCUT2D eigenvalue weighted by atomic mass is 9.98. The summed E-state index contributed by atoms with van der Waals surface area (Å²) in [6.45, 7) is 2.32. The average Bonchev–Trinajstić information content (AvgIpc) is 3.51. The summed E-state index contributed by atoms with van der Waals surface area (Å²) < 4.78 is 5.74. The van der Waals surface area contributed by atoms with Crippen LogP contribution in [0.5, 0.6) is 5.75 Å². The minimum Gasteiger partial charge on any atom is -0.507 e. The topological polar surface area (TPSA) is 66.8 Å². The van der Waals surface area contributed by atoms with Gasteiger partial charge in [0.25, 0.3) is 11.7 Å². The highest BCUT2D eigenvalue weighted by Gasteiger charge is 2.46. The molecule has 2 aliphatic rings. The first-order valence-electron chi connectivity index (χ1n) is 9.67. The van der Waals surface area contributed by atoms with E-state index in [0.717, 1.165) is 27.5 Å². The fourth-order valence-electron chi connectivity index (χ4n) is 4.08. The van der Waals surface area contributed by atoms with Crippen LogP contribution in [0.3, 0.4) is 0 Å². The molecule has 1 N–H and O–H groups in total. The Hall–Kier alpha value is -2.90. The van der Waals surface area contributed by atoms with Crippen molar-refractivity contribution in [2.24, 2.45) is 0 Å². The Morgan fingerprint density at radius 2 is 1.97 bits per heavy atom. The number of carbonyl (C=O) groups excluding carboxylic acids is 2. The van der Waals surface area contributed by atoms with Crippen molar-refractivity contribution in [3.8, 4) is 5.75 Å². The van der Waals surface area contributed by atoms with Gasteiger partial charge in [-0.15, -0.1) is 22.7 Å². The standard InChI is InChI=1S/C23H19NO4S2/c1-13-10-15-11-14(6-7-17(15)28-13)21(25)19-20(18-5-3-9-30-18)24(23(27)22(19)26)12-16-4-2-8-29-16/h2-9,11,13,20,25H,10,12H2,1H3/b21-19-. The van der Waals surface area contributed by atoms with Gasteiger partial charge in [0, 0.05) is 21.7 Å². The number of ether oxygens (including phenoxy) is 1. The number of nitrogens with zero attached hydrogens (tertiary/aromatic N) is 1. The SMILES string of the molecule is CC1Cc2cc(/C(O)=C3/C(=O)C(=O)N(Cc4cccs4)C3c3cccs3)ccc2O1. The van der Waals surface area contributed by atoms with Gasteiger partial charge in [0.05, 0.1) is 12.1 Å². The van der Waals surface area contributed by atoms with Gasteiger partial charge in [-0.25, -0.2) is 0 Å². The number of aliphatic hydroxyl groups is 1. The third-order valence-corrected chi connectivity index (χ3v) is 7.21. The molecule has 0 radical (unpaired) electrons. The Kier molecular flexibility index (Phi) is 4.72. The average molecular weight is 438 g/mol. The maximum absolute atomic E-state index is 13.0. The summed E-state index contributed by atoms with van der Waals surface area (Å²) in [5, 5.41) is 15.0. The molecule has 3 aromatic rings. The molecule has 1 amide bonds. The lowest BCUT2D eigenvalue weighted by molar-refractivity contribution is -0.140. The summed E-state index contributed by atoms with van der Waals surface area (Å²) in [4.78, 5) is 29.4. The van der Waals surface area contributed by atoms with Crippen molar-refractivity contribution < 1.29 is 19.4 Å². The van der Waals surface area contributed by atoms with E-state index >= 15 is 0 Å². The van der Waals surface area contributed by atoms with E-state index in [9.17, 15) is 14.7 Å². The molecule has 1 fully saturated rings. The molecule has 1 aromatic carbocycles. The number of amides is 1. The fourth-order valence-corrected chi connectivity index (χ4v) is 5.63. The summed E-state index contributed by atoms with van der Waals surface area (Å²) in [6.07, 6.45) is 0.831. The zero-order valence-corrected chi connectivity index (χ0v) is 17.8. The van der Waals surface area contributed by atoms with Crippen LogP contribution < -0.4 is 4.74 Å². The molecule has 0 aliphatic carbocycles. The normalized spacial score (nSPS) is 22.4. The van der Waals surface area contributed by atoms with Crippen molar-refractivity contribution in [2.45, 2.75) is 32.0 Å². The highest BCUT2D eigenvalue weighted by molar-refractivity contribution is 7.10. The number of aliphatic hydroxyl groups excluding tert-OH is 1. The molecule has 2 aliphatic heterocycles. The number of thiophene rings is 2. The van der Waals surface area contributed by atoms with E-state index in [0.29, 0.717) is 12.1 Å². The number of carbonyl (C=O) groups is 2. The highest BCUT2D eigenvalue weighted by atomic mass is 32.1. The maximum atomic E-state index is 13.0. The second-order valence-electron chi connectivity index (χ2n) is 7.48. The minimum atomic E-state index is -0.646. The molecule has 7 heteroatoms. The number of ketones is 1. The monoisotopic (exact) mass is 437 g/mol. The summed E-state index contributed by atoms with van der Waals surface area (Å²) >= 11 is 3.01. The van der Waals surface area contributed by atoms with Crippen LogP contribution in [0.15, 0.2) is 58.8 Å². The van der Waals surface area contributed by atoms with Gasteiger partial charge in [-0.2, -0.15) is 0 Å². The van der Waals surface area contributed by atoms with E-state index < -0.39 is 17.7 Å². The van der Waals surface area contributed by atoms with Crippen molar-refractivity contribution in [1.82, 2.24) is 4.90 Å². The number of rotatable bonds is 4. The van der Waals surface area contributed by atoms with E-state index in [4.69, 9.17) is 4.74 Å². The number of hydrogen-bond donors (Lipinski definition) is 1. The predicted molar refractivity (Wildman–Crippen MR) is 117 cm³/mol. The van der Waals surface area contributed by atoms with Gasteiger partial charge < -0.3 is 14.7 Å². The van der Waals surface area contributed by atoms with Gasteiger partial charge in [-0.3, -0.25) is 9.59 Å². The predicted octanol–water partition coefficient (Wildman–Crippen LogP) is 4.75. The van der Waals surface area contributed by atoms with Crippen LogP contribution in [0.1, 0.15) is 33.8 Å². The molecule has 30 heavy (non-hydrogen) atoms. The molecule has 1 saturated heterocycles. The van der Waals surface area contributed by atoms with E-state index in [-0.39, 0.29) is 17.4 Å². The Bertz CT molecular complexity index is 1150. The maximum Gasteiger partial charge on any atom is 0.296 e. The van der Waals surface area contributed by atoms with E-state index in [2.05, 4.69) is 0 Å². The number of Topliss-reactive ketones (excluding diaryl/α,β-unsaturated/α-hetero) is 1. The van der Waals surface area contributed by atoms with Crippen LogP contribution in [-0.4, -0.2) is 27.8 Å². The van der Waals surface area contributed by atoms with Gasteiger partial charge >= 0.3 is 0 Å². The third-order valence-electron chi connectivity index (χ3n) is 5.43. The fraction of sp³-hybridized carbons (Fsp3) is 0.217. The Labute approximate surface area is 181 Å². The van der Waals surface area contributed by atoms with Crippen LogP contribution in [0.4, 0.5) is 0 Å². The molecule has 2 atom stereocenters. The van der Waals surface area contributed by atoms with E-state index in [1.54, 1.807) is 11.0 Å². The number of benzene rings is 1. The second kappa shape index (κ2) is 7.41. The van der Waals surface area contributed by atoms with Gasteiger partial charge in [-0.05, 0) is 53.6 Å². The molecule has 5 nitrogen and oxygen atoms in total. The van der Waals surface area contributed by atoms with Crippen LogP contribution in [-0.2, 0) is 22.6 Å². The second-order valence-corrected chi connectivity index (χ2v) is 9.49. The molecule has 152 valence electrons. The first-order valence-corrected chi connectivity index (χ1v) is 11.4. The van der Waals surface area contributed by atoms with Crippen molar-refractivity contribution in [2.75, 3.05) is 0 Å². The third kappa shape index (κ3) is 3.14. The largest absolute Gasteiger partial charge is 0.507 e. The summed E-state index contributed by atoms with van der Waals surface area (Å²) in [5.41, 5.74) is 1.67. The zero-order chi connectivity index (χ0) is 20.8. The smallest absolute Gasteiger partial charge is 0.296 e. The van der Waals surface area contributed by atoms with Crippen LogP contribution in [0, 0.1) is 0 Å². The first-order chi connectivity index (χ1) is 14.5. The first kappa shape index (κ1) is 19.1. The summed E-state index contributed by atoms with van der Waals surface area (Å²) in [6, 6.07) is 12.5. The van der Waals surface area contributed by atoms with Gasteiger partial charge in [-0.1, -0.05) is 12.1 Å². The number of fused-ring (bicyclic) bond motifs is 1. The molecule has 0 saturated carbocycles. The number of likely N-dealkylation sites (tertiary alicyclic amines) is 1. The van der Waals surface area contributed by atoms with Gasteiger partial charge in [0.1, 0.15) is 23.7 Å². The van der Waals surface area contributed by atoms with Crippen LogP contribution >= 0.6 is 22.7 Å². The van der Waals surface area contributed by atoms with Crippen molar-refractivity contribution in [3.63, 3.8) is 0 Å². The Balaban J connectivity index is 1.61. The molecule has 2 unspecified atom stereocenters. The quantitative estimate of drug-likeness (QED) is 0.363.